The standard InChI is InChI=1S/2C21H22N2O5.C10H11FN2O4.C10H11N5O4.C10H12N2O4/c2*1-4-13-12-15(18-17(13)27-21(2,3)28-18)22-11-10-16(24)23(20(22)26)19(25)14-8-6-5-7-9-14;11-4-5-3-6(9(16)8(5)15)13-2-1-7(14)12-10(13)17;11-14-12-4-5-3-6(9(18)8(5)17)15-2-1-7(16)13-10(15)19;1-5-4-6(9(15)8(5)14)12-3-2-7(13)11-10(12)16/h2*5-12,15,17-18H,4H2,1-3H3;1-3,6,8-9,15-16H,4H2,(H,12,14,17);1-3,6,8-9,17-18H,4H2,(H,13,16,19);2-4,6,8-9,14-15H,1H3,(H,11,13,16)/t2*15-,17+,18?;3*6-,8+,9?/m11111/s1. The molecule has 9 N–H and O–H groups in total. The van der Waals surface area contributed by atoms with E-state index in [4.69, 9.17) is 24.5 Å². The lowest BCUT2D eigenvalue weighted by atomic mass is 10.1. The van der Waals surface area contributed by atoms with Crippen LogP contribution in [-0.2, 0) is 18.9 Å². The molecule has 2 aromatic carbocycles. The number of fused-ring (bicyclic) bond motifs is 2. The maximum atomic E-state index is 13.1. The van der Waals surface area contributed by atoms with Crippen LogP contribution in [0.25, 0.3) is 10.4 Å². The van der Waals surface area contributed by atoms with Crippen LogP contribution in [0.4, 0.5) is 4.39 Å². The second kappa shape index (κ2) is 32.8. The number of halogens is 1. The van der Waals surface area contributed by atoms with Crippen molar-refractivity contribution in [1.29, 1.82) is 0 Å². The van der Waals surface area contributed by atoms with Gasteiger partial charge < -0.3 is 49.6 Å². The molecular formula is C72H78FN13O22. The molecule has 5 unspecified atom stereocenters. The van der Waals surface area contributed by atoms with Gasteiger partial charge in [0.15, 0.2) is 11.6 Å². The topological polar surface area (TPSA) is 494 Å². The number of aromatic nitrogens is 10. The number of carbonyl (C=O) groups is 2. The first-order valence-corrected chi connectivity index (χ1v) is 33.9. The normalized spacial score (nSPS) is 26.5. The molecule has 7 aliphatic rings. The Morgan fingerprint density at radius 3 is 1.15 bits per heavy atom. The highest BCUT2D eigenvalue weighted by atomic mass is 19.1. The number of aromatic amines is 3. The molecule has 5 aromatic heterocycles. The molecule has 35 nitrogen and oxygen atoms in total. The van der Waals surface area contributed by atoms with Crippen molar-refractivity contribution in [3.05, 3.63) is 306 Å². The van der Waals surface area contributed by atoms with Gasteiger partial charge >= 0.3 is 28.4 Å². The first kappa shape index (κ1) is 79.3. The Balaban J connectivity index is 0.000000147. The molecule has 0 saturated carbocycles. The van der Waals surface area contributed by atoms with Crippen LogP contribution in [0.3, 0.4) is 0 Å². The second-order valence-electron chi connectivity index (χ2n) is 26.7. The predicted octanol–water partition coefficient (Wildman–Crippen LogP) is 0.738. The summed E-state index contributed by atoms with van der Waals surface area (Å²) in [4.78, 5) is 152. The van der Waals surface area contributed by atoms with Crippen LogP contribution in [0.1, 0.15) is 112 Å². The molecule has 570 valence electrons. The first-order chi connectivity index (χ1) is 51.2. The second-order valence-corrected chi connectivity index (χ2v) is 26.7. The summed E-state index contributed by atoms with van der Waals surface area (Å²) in [7, 11) is 0. The predicted molar refractivity (Wildman–Crippen MR) is 382 cm³/mol. The van der Waals surface area contributed by atoms with Crippen molar-refractivity contribution in [2.24, 2.45) is 5.11 Å². The molecule has 0 amide bonds. The highest BCUT2D eigenvalue weighted by molar-refractivity contribution is 5.96. The van der Waals surface area contributed by atoms with Gasteiger partial charge in [0.25, 0.3) is 39.6 Å². The van der Waals surface area contributed by atoms with E-state index >= 15 is 0 Å². The molecule has 0 radical (unpaired) electrons. The number of azide groups is 1. The van der Waals surface area contributed by atoms with Crippen molar-refractivity contribution < 1.29 is 63.6 Å². The molecule has 7 heterocycles. The summed E-state index contributed by atoms with van der Waals surface area (Å²) >= 11 is 0. The molecule has 2 aliphatic heterocycles. The number of aliphatic hydroxyl groups is 6. The van der Waals surface area contributed by atoms with Crippen LogP contribution in [0, 0.1) is 0 Å². The van der Waals surface area contributed by atoms with Crippen molar-refractivity contribution in [1.82, 2.24) is 46.9 Å². The molecule has 0 spiro atoms. The van der Waals surface area contributed by atoms with E-state index in [1.54, 1.807) is 73.7 Å². The number of H-pyrrole nitrogens is 3. The monoisotopic (exact) mass is 1500 g/mol. The highest BCUT2D eigenvalue weighted by Gasteiger charge is 2.52. The average Bonchev–Trinajstić information content (AvgIpc) is 1.59. The van der Waals surface area contributed by atoms with Crippen molar-refractivity contribution in [3.8, 4) is 0 Å². The van der Waals surface area contributed by atoms with Gasteiger partial charge in [-0.2, -0.15) is 9.13 Å². The summed E-state index contributed by atoms with van der Waals surface area (Å²) in [5.41, 5.74) is 5.52. The molecule has 108 heavy (non-hydrogen) atoms. The minimum atomic E-state index is -1.33. The number of alkyl halides is 1. The quantitative estimate of drug-likeness (QED) is 0.0352. The Morgan fingerprint density at radius 1 is 0.472 bits per heavy atom. The molecule has 15 atom stereocenters. The van der Waals surface area contributed by atoms with Gasteiger partial charge in [0, 0.05) is 83.9 Å². The van der Waals surface area contributed by atoms with Crippen LogP contribution in [-0.4, -0.2) is 175 Å². The van der Waals surface area contributed by atoms with E-state index in [0.29, 0.717) is 20.3 Å². The van der Waals surface area contributed by atoms with E-state index in [2.05, 4.69) is 20.0 Å². The van der Waals surface area contributed by atoms with Gasteiger partial charge in [-0.1, -0.05) is 85.7 Å². The molecule has 36 heteroatoms. The highest BCUT2D eigenvalue weighted by Crippen LogP contribution is 2.45. The summed E-state index contributed by atoms with van der Waals surface area (Å²) in [6.07, 6.45) is 7.91. The van der Waals surface area contributed by atoms with Gasteiger partial charge in [-0.15, -0.1) is 0 Å². The maximum absolute atomic E-state index is 13.1. The van der Waals surface area contributed by atoms with Crippen LogP contribution < -0.4 is 56.2 Å². The zero-order chi connectivity index (χ0) is 78.5. The van der Waals surface area contributed by atoms with Crippen molar-refractivity contribution in [3.63, 3.8) is 0 Å². The fourth-order valence-corrected chi connectivity index (χ4v) is 13.5. The summed E-state index contributed by atoms with van der Waals surface area (Å²) in [6, 6.07) is 19.2. The van der Waals surface area contributed by atoms with Gasteiger partial charge in [0.2, 0.25) is 0 Å². The lowest BCUT2D eigenvalue weighted by Gasteiger charge is -2.22. The minimum absolute atomic E-state index is 0.0283. The average molecular weight is 1500 g/mol. The number of benzene rings is 2. The Kier molecular flexibility index (Phi) is 24.1. The molecular weight excluding hydrogens is 1420 g/mol. The number of nitrogens with one attached hydrogen (secondary N) is 3. The number of hydrogen-bond acceptors (Lipinski definition) is 23. The summed E-state index contributed by atoms with van der Waals surface area (Å²) in [5, 5.41) is 61.4. The molecule has 7 aromatic rings. The number of rotatable bonds is 12. The van der Waals surface area contributed by atoms with E-state index in [1.807, 2.05) is 58.7 Å². The smallest absolute Gasteiger partial charge is 0.338 e. The molecule has 2 saturated heterocycles. The minimum Gasteiger partial charge on any atom is -0.388 e. The van der Waals surface area contributed by atoms with E-state index in [-0.39, 0.29) is 47.7 Å². The fourth-order valence-electron chi connectivity index (χ4n) is 13.5. The number of nitrogens with zero attached hydrogens (tertiary/aromatic N) is 10. The van der Waals surface area contributed by atoms with Gasteiger partial charge in [0.05, 0.1) is 30.2 Å². The van der Waals surface area contributed by atoms with E-state index in [0.717, 1.165) is 45.3 Å². The molecule has 0 bridgehead atoms. The van der Waals surface area contributed by atoms with Crippen LogP contribution in [0.2, 0.25) is 0 Å². The summed E-state index contributed by atoms with van der Waals surface area (Å²) in [6.45, 7) is 12.0. The number of aliphatic hydroxyl groups excluding tert-OH is 6. The number of carbonyl (C=O) groups excluding carboxylic acids is 2. The summed E-state index contributed by atoms with van der Waals surface area (Å²) < 4.78 is 44.0. The first-order valence-electron chi connectivity index (χ1n) is 33.9. The number of hydrogen-bond donors (Lipinski definition) is 9. The van der Waals surface area contributed by atoms with Crippen molar-refractivity contribution in [2.75, 3.05) is 13.2 Å². The third-order valence-electron chi connectivity index (χ3n) is 18.8. The fraction of sp³-hybridized carbons (Fsp3) is 0.389. The van der Waals surface area contributed by atoms with Gasteiger partial charge in [-0.25, -0.2) is 28.4 Å². The maximum Gasteiger partial charge on any atom is 0.338 e. The SMILES string of the molecule is CC1=C[C@@H](n2ccc(=O)[nH]c2=O)C(O)[C@H]1O.CCC1=C[C@@H](n2ccc(=O)n(C(=O)c3ccccc3)c2=O)C2OC(C)(C)O[C@@H]12.CCC1=C[C@@H](n2ccc(=O)n(C(=O)c3ccccc3)c2=O)C2OC(C)(C)O[C@@H]12.O=c1ccn([C@@H]2C=C(CF)[C@H](O)C2O)c(=O)[nH]1.[N-]=[N+]=NCC1=C[C@@H](n2ccc(=O)[nH]c2=O)C(O)[C@H]1O. The molecule has 2 fully saturated rings. The van der Waals surface area contributed by atoms with Crippen LogP contribution >= 0.6 is 0 Å². The van der Waals surface area contributed by atoms with Gasteiger partial charge in [0.1, 0.15) is 67.7 Å². The number of ether oxygens (including phenoxy) is 4. The zero-order valence-electron chi connectivity index (χ0n) is 59.0. The Labute approximate surface area is 608 Å². The lowest BCUT2D eigenvalue weighted by Crippen LogP contribution is -2.45. The third kappa shape index (κ3) is 16.6. The third-order valence-corrected chi connectivity index (χ3v) is 18.8. The van der Waals surface area contributed by atoms with Gasteiger partial charge in [-0.3, -0.25) is 71.3 Å². The van der Waals surface area contributed by atoms with Crippen LogP contribution in [0.5, 0.6) is 0 Å². The molecule has 14 rings (SSSR count). The van der Waals surface area contributed by atoms with E-state index < -0.39 is 153 Å². The van der Waals surface area contributed by atoms with E-state index in [9.17, 15) is 92.6 Å². The van der Waals surface area contributed by atoms with E-state index in [1.165, 1.54) is 75.0 Å². The summed E-state index contributed by atoms with van der Waals surface area (Å²) in [5.74, 6) is -2.83. The van der Waals surface area contributed by atoms with Crippen LogP contribution in [0.15, 0.2) is 233 Å². The molecule has 5 aliphatic carbocycles. The van der Waals surface area contributed by atoms with Crippen molar-refractivity contribution in [2.45, 2.75) is 164 Å². The Bertz CT molecular complexity index is 5250. The van der Waals surface area contributed by atoms with Crippen molar-refractivity contribution >= 4 is 11.8 Å². The zero-order valence-corrected chi connectivity index (χ0v) is 59.0. The largest absolute Gasteiger partial charge is 0.388 e. The lowest BCUT2D eigenvalue weighted by molar-refractivity contribution is -0.148. The Morgan fingerprint density at radius 2 is 0.815 bits per heavy atom. The Hall–Kier alpha value is -11.3. The van der Waals surface area contributed by atoms with Gasteiger partial charge in [-0.05, 0) is 105 Å².